The van der Waals surface area contributed by atoms with Crippen LogP contribution in [0.4, 0.5) is 0 Å². The average Bonchev–Trinajstić information content (AvgIpc) is 3.15. The van der Waals surface area contributed by atoms with Gasteiger partial charge in [0.15, 0.2) is 17.3 Å². The number of carbonyl (C=O) groups excluding carboxylic acids is 2. The standard InChI is InChI=1S/C17H17N3O2S/c1-3-13(21)14-9-12(10-23-14)17(11-7-5-4-6-8-11)15(22)20(2)16(18)19-17/h4-10H,3H2,1-2H3,(H2,18,19). The third-order valence-corrected chi connectivity index (χ3v) is 5.02. The van der Waals surface area contributed by atoms with Crippen molar-refractivity contribution in [3.63, 3.8) is 0 Å². The number of aliphatic imine (C=N–C) groups is 1. The molecule has 1 atom stereocenters. The van der Waals surface area contributed by atoms with Crippen LogP contribution in [-0.2, 0) is 10.3 Å². The molecule has 1 aromatic carbocycles. The summed E-state index contributed by atoms with van der Waals surface area (Å²) in [5.74, 6) is 0.0168. The molecule has 2 heterocycles. The minimum atomic E-state index is -1.21. The highest BCUT2D eigenvalue weighted by Gasteiger charge is 2.49. The van der Waals surface area contributed by atoms with Crippen LogP contribution in [0.25, 0.3) is 0 Å². The van der Waals surface area contributed by atoms with Gasteiger partial charge in [-0.2, -0.15) is 0 Å². The van der Waals surface area contributed by atoms with Crippen LogP contribution in [-0.4, -0.2) is 29.6 Å². The lowest BCUT2D eigenvalue weighted by Crippen LogP contribution is -2.40. The van der Waals surface area contributed by atoms with Gasteiger partial charge in [-0.25, -0.2) is 4.99 Å². The normalized spacial score (nSPS) is 20.7. The number of Topliss-reactive ketones (excluding diaryl/α,β-unsaturated/α-hetero) is 1. The molecular weight excluding hydrogens is 310 g/mol. The molecule has 0 saturated carbocycles. The summed E-state index contributed by atoms with van der Waals surface area (Å²) in [4.78, 5) is 31.4. The minimum Gasteiger partial charge on any atom is -0.369 e. The lowest BCUT2D eigenvalue weighted by atomic mass is 9.84. The number of benzene rings is 1. The zero-order valence-electron chi connectivity index (χ0n) is 12.9. The van der Waals surface area contributed by atoms with Crippen molar-refractivity contribution in [1.29, 1.82) is 0 Å². The molecule has 6 heteroatoms. The van der Waals surface area contributed by atoms with E-state index in [2.05, 4.69) is 4.99 Å². The number of ketones is 1. The van der Waals surface area contributed by atoms with Crippen LogP contribution in [0, 0.1) is 0 Å². The Morgan fingerprint density at radius 3 is 2.57 bits per heavy atom. The average molecular weight is 327 g/mol. The topological polar surface area (TPSA) is 75.8 Å². The summed E-state index contributed by atoms with van der Waals surface area (Å²) in [5, 5.41) is 1.82. The number of carbonyl (C=O) groups is 2. The van der Waals surface area contributed by atoms with Gasteiger partial charge < -0.3 is 5.73 Å². The van der Waals surface area contributed by atoms with Crippen molar-refractivity contribution in [3.05, 3.63) is 57.8 Å². The molecule has 0 fully saturated rings. The number of guanidine groups is 1. The van der Waals surface area contributed by atoms with E-state index in [1.165, 1.54) is 16.2 Å². The van der Waals surface area contributed by atoms with Gasteiger partial charge in [0.1, 0.15) is 0 Å². The van der Waals surface area contributed by atoms with E-state index in [1.54, 1.807) is 13.1 Å². The van der Waals surface area contributed by atoms with Crippen molar-refractivity contribution in [2.75, 3.05) is 7.05 Å². The quantitative estimate of drug-likeness (QED) is 0.876. The lowest BCUT2D eigenvalue weighted by Gasteiger charge is -2.24. The zero-order chi connectivity index (χ0) is 16.6. The molecule has 0 aliphatic carbocycles. The number of rotatable bonds is 4. The van der Waals surface area contributed by atoms with E-state index in [1.807, 2.05) is 42.6 Å². The number of nitrogens with zero attached hydrogens (tertiary/aromatic N) is 2. The Morgan fingerprint density at radius 2 is 2.00 bits per heavy atom. The van der Waals surface area contributed by atoms with Crippen LogP contribution in [0.15, 0.2) is 46.8 Å². The van der Waals surface area contributed by atoms with Crippen LogP contribution < -0.4 is 5.73 Å². The number of hydrogen-bond acceptors (Lipinski definition) is 5. The molecule has 5 nitrogen and oxygen atoms in total. The van der Waals surface area contributed by atoms with E-state index in [0.29, 0.717) is 16.9 Å². The highest BCUT2D eigenvalue weighted by Crippen LogP contribution is 2.41. The number of thiophene rings is 1. The second-order valence-corrected chi connectivity index (χ2v) is 6.30. The molecule has 1 amide bonds. The Balaban J connectivity index is 2.21. The molecule has 3 rings (SSSR count). The first-order chi connectivity index (χ1) is 11.0. The van der Waals surface area contributed by atoms with Crippen molar-refractivity contribution in [3.8, 4) is 0 Å². The van der Waals surface area contributed by atoms with Crippen LogP contribution in [0.2, 0.25) is 0 Å². The summed E-state index contributed by atoms with van der Waals surface area (Å²) < 4.78 is 0. The molecule has 1 aliphatic rings. The Bertz CT molecular complexity index is 797. The van der Waals surface area contributed by atoms with Gasteiger partial charge in [0.05, 0.1) is 4.88 Å². The van der Waals surface area contributed by atoms with Crippen LogP contribution in [0.5, 0.6) is 0 Å². The molecule has 0 radical (unpaired) electrons. The van der Waals surface area contributed by atoms with Gasteiger partial charge >= 0.3 is 0 Å². The fourth-order valence-corrected chi connectivity index (χ4v) is 3.67. The molecule has 2 N–H and O–H groups in total. The third-order valence-electron chi connectivity index (χ3n) is 4.04. The smallest absolute Gasteiger partial charge is 0.266 e. The first-order valence-electron chi connectivity index (χ1n) is 7.32. The number of amides is 1. The molecule has 2 aromatic rings. The van der Waals surface area contributed by atoms with Crippen LogP contribution in [0.3, 0.4) is 0 Å². The SMILES string of the molecule is CCC(=O)c1cc(C2(c3ccccc3)N=C(N)N(C)C2=O)cs1. The summed E-state index contributed by atoms with van der Waals surface area (Å²) in [5.41, 5.74) is 6.12. The van der Waals surface area contributed by atoms with Crippen molar-refractivity contribution in [2.45, 2.75) is 18.9 Å². The van der Waals surface area contributed by atoms with Gasteiger partial charge in [0.25, 0.3) is 5.91 Å². The first-order valence-corrected chi connectivity index (χ1v) is 8.20. The molecule has 23 heavy (non-hydrogen) atoms. The minimum absolute atomic E-state index is 0.0558. The van der Waals surface area contributed by atoms with Crippen molar-refractivity contribution >= 4 is 29.0 Å². The van der Waals surface area contributed by atoms with Gasteiger partial charge in [-0.05, 0) is 17.0 Å². The third kappa shape index (κ3) is 2.26. The van der Waals surface area contributed by atoms with E-state index in [0.717, 1.165) is 5.56 Å². The second-order valence-electron chi connectivity index (χ2n) is 5.39. The lowest BCUT2D eigenvalue weighted by molar-refractivity contribution is -0.129. The Hall–Kier alpha value is -2.47. The molecule has 1 aliphatic heterocycles. The molecule has 1 aromatic heterocycles. The largest absolute Gasteiger partial charge is 0.369 e. The van der Waals surface area contributed by atoms with E-state index in [9.17, 15) is 9.59 Å². The molecule has 0 spiro atoms. The van der Waals surface area contributed by atoms with Crippen molar-refractivity contribution in [1.82, 2.24) is 4.90 Å². The summed E-state index contributed by atoms with van der Waals surface area (Å²) >= 11 is 1.34. The molecule has 0 bridgehead atoms. The van der Waals surface area contributed by atoms with E-state index in [-0.39, 0.29) is 17.6 Å². The fourth-order valence-electron chi connectivity index (χ4n) is 2.71. The maximum absolute atomic E-state index is 12.9. The van der Waals surface area contributed by atoms with Crippen LogP contribution >= 0.6 is 11.3 Å². The highest BCUT2D eigenvalue weighted by atomic mass is 32.1. The molecule has 118 valence electrons. The zero-order valence-corrected chi connectivity index (χ0v) is 13.8. The maximum atomic E-state index is 12.9. The predicted molar refractivity (Wildman–Crippen MR) is 90.6 cm³/mol. The summed E-state index contributed by atoms with van der Waals surface area (Å²) in [6.07, 6.45) is 0.428. The van der Waals surface area contributed by atoms with Gasteiger partial charge in [-0.1, -0.05) is 37.3 Å². The first kappa shape index (κ1) is 15.4. The Morgan fingerprint density at radius 1 is 1.30 bits per heavy atom. The molecule has 0 saturated heterocycles. The van der Waals surface area contributed by atoms with E-state index in [4.69, 9.17) is 5.73 Å². The van der Waals surface area contributed by atoms with Gasteiger partial charge in [0, 0.05) is 19.0 Å². The number of likely N-dealkylation sites (N-methyl/N-ethyl adjacent to an activating group) is 1. The van der Waals surface area contributed by atoms with Crippen molar-refractivity contribution < 1.29 is 9.59 Å². The van der Waals surface area contributed by atoms with Gasteiger partial charge in [-0.15, -0.1) is 11.3 Å². The summed E-state index contributed by atoms with van der Waals surface area (Å²) in [7, 11) is 1.61. The fraction of sp³-hybridized carbons (Fsp3) is 0.235. The van der Waals surface area contributed by atoms with E-state index < -0.39 is 5.54 Å². The Labute approximate surface area is 138 Å². The van der Waals surface area contributed by atoms with Gasteiger partial charge in [0.2, 0.25) is 0 Å². The highest BCUT2D eigenvalue weighted by molar-refractivity contribution is 7.12. The summed E-state index contributed by atoms with van der Waals surface area (Å²) in [6, 6.07) is 11.1. The monoisotopic (exact) mass is 327 g/mol. The summed E-state index contributed by atoms with van der Waals surface area (Å²) in [6.45, 7) is 1.82. The number of nitrogens with two attached hydrogens (primary N) is 1. The molecular formula is C17H17N3O2S. The number of hydrogen-bond donors (Lipinski definition) is 1. The van der Waals surface area contributed by atoms with E-state index >= 15 is 0 Å². The van der Waals surface area contributed by atoms with Crippen molar-refractivity contribution in [2.24, 2.45) is 10.7 Å². The Kier molecular flexibility index (Phi) is 3.77. The second kappa shape index (κ2) is 5.62. The predicted octanol–water partition coefficient (Wildman–Crippen LogP) is 2.37. The maximum Gasteiger partial charge on any atom is 0.266 e. The van der Waals surface area contributed by atoms with Crippen LogP contribution in [0.1, 0.15) is 34.1 Å². The van der Waals surface area contributed by atoms with Gasteiger partial charge in [-0.3, -0.25) is 14.5 Å². The molecule has 1 unspecified atom stereocenters.